The normalized spacial score (nSPS) is 13.8. The van der Waals surface area contributed by atoms with Gasteiger partial charge in [0.25, 0.3) is 17.5 Å². The topological polar surface area (TPSA) is 139 Å². The number of nitro groups is 1. The maximum absolute atomic E-state index is 13.3. The second kappa shape index (κ2) is 10.7. The van der Waals surface area contributed by atoms with Gasteiger partial charge in [0.2, 0.25) is 5.91 Å². The van der Waals surface area contributed by atoms with Crippen LogP contribution in [0.2, 0.25) is 0 Å². The van der Waals surface area contributed by atoms with Gasteiger partial charge in [-0.25, -0.2) is 0 Å². The minimum atomic E-state index is -4.68. The molecular formula is C24H20F3N5O6. The third-order valence-corrected chi connectivity index (χ3v) is 5.89. The van der Waals surface area contributed by atoms with Crippen molar-refractivity contribution < 1.29 is 37.0 Å². The Bertz CT molecular complexity index is 1380. The molecule has 0 bridgehead atoms. The molecule has 1 aliphatic heterocycles. The Morgan fingerprint density at radius 1 is 1.00 bits per heavy atom. The van der Waals surface area contributed by atoms with Crippen molar-refractivity contribution in [2.75, 3.05) is 32.7 Å². The second-order valence-corrected chi connectivity index (χ2v) is 8.25. The van der Waals surface area contributed by atoms with Crippen LogP contribution in [0.25, 0.3) is 11.3 Å². The van der Waals surface area contributed by atoms with Gasteiger partial charge in [0, 0.05) is 38.3 Å². The third-order valence-electron chi connectivity index (χ3n) is 5.89. The van der Waals surface area contributed by atoms with Gasteiger partial charge >= 0.3 is 6.18 Å². The first-order chi connectivity index (χ1) is 18.1. The number of piperazine rings is 1. The predicted octanol–water partition coefficient (Wildman–Crippen LogP) is 2.98. The Balaban J connectivity index is 1.31. The van der Waals surface area contributed by atoms with Crippen molar-refractivity contribution >= 4 is 23.4 Å². The van der Waals surface area contributed by atoms with Crippen LogP contribution in [0.4, 0.5) is 18.9 Å². The number of nitrogens with zero attached hydrogens (tertiary/aromatic N) is 4. The van der Waals surface area contributed by atoms with Crippen molar-refractivity contribution in [2.45, 2.75) is 6.18 Å². The van der Waals surface area contributed by atoms with E-state index in [2.05, 4.69) is 10.5 Å². The van der Waals surface area contributed by atoms with Crippen molar-refractivity contribution in [2.24, 2.45) is 0 Å². The highest BCUT2D eigenvalue weighted by atomic mass is 19.4. The van der Waals surface area contributed by atoms with Gasteiger partial charge in [-0.1, -0.05) is 29.4 Å². The average molecular weight is 531 g/mol. The lowest BCUT2D eigenvalue weighted by Gasteiger charge is -2.35. The number of carbonyl (C=O) groups is 3. The molecule has 0 unspecified atom stereocenters. The van der Waals surface area contributed by atoms with Crippen LogP contribution in [-0.2, 0) is 11.0 Å². The summed E-state index contributed by atoms with van der Waals surface area (Å²) < 4.78 is 44.8. The Labute approximate surface area is 212 Å². The summed E-state index contributed by atoms with van der Waals surface area (Å²) in [5, 5.41) is 17.2. The molecule has 1 saturated heterocycles. The summed E-state index contributed by atoms with van der Waals surface area (Å²) in [5.41, 5.74) is -1.77. The van der Waals surface area contributed by atoms with E-state index in [0.29, 0.717) is 0 Å². The lowest BCUT2D eigenvalue weighted by atomic mass is 10.1. The summed E-state index contributed by atoms with van der Waals surface area (Å²) in [6, 6.07) is 11.5. The molecule has 1 aliphatic rings. The fourth-order valence-corrected chi connectivity index (χ4v) is 3.95. The first-order valence-electron chi connectivity index (χ1n) is 11.3. The fraction of sp³-hybridized carbons (Fsp3) is 0.250. The number of carbonyl (C=O) groups excluding carboxylic acids is 3. The van der Waals surface area contributed by atoms with E-state index >= 15 is 0 Å². The van der Waals surface area contributed by atoms with E-state index in [4.69, 9.17) is 4.52 Å². The highest BCUT2D eigenvalue weighted by Gasteiger charge is 2.36. The molecule has 1 N–H and O–H groups in total. The van der Waals surface area contributed by atoms with Gasteiger partial charge in [-0.15, -0.1) is 0 Å². The van der Waals surface area contributed by atoms with Crippen molar-refractivity contribution in [3.63, 3.8) is 0 Å². The zero-order valence-corrected chi connectivity index (χ0v) is 19.6. The Morgan fingerprint density at radius 2 is 1.63 bits per heavy atom. The van der Waals surface area contributed by atoms with Crippen LogP contribution in [0.15, 0.2) is 59.1 Å². The molecule has 38 heavy (non-hydrogen) atoms. The number of hydrogen-bond acceptors (Lipinski definition) is 7. The number of rotatable bonds is 6. The van der Waals surface area contributed by atoms with Crippen LogP contribution in [-0.4, -0.2) is 70.3 Å². The molecule has 2 heterocycles. The lowest BCUT2D eigenvalue weighted by molar-refractivity contribution is -0.384. The number of para-hydroxylation sites is 1. The summed E-state index contributed by atoms with van der Waals surface area (Å²) in [5.74, 6) is -1.99. The van der Waals surface area contributed by atoms with Crippen LogP contribution < -0.4 is 5.32 Å². The smallest absolute Gasteiger partial charge is 0.355 e. The highest BCUT2D eigenvalue weighted by Crippen LogP contribution is 2.32. The van der Waals surface area contributed by atoms with Crippen LogP contribution in [0.1, 0.15) is 26.4 Å². The quantitative estimate of drug-likeness (QED) is 0.381. The van der Waals surface area contributed by atoms with E-state index in [1.54, 1.807) is 6.07 Å². The predicted molar refractivity (Wildman–Crippen MR) is 125 cm³/mol. The maximum atomic E-state index is 13.3. The standard InChI is InChI=1S/C24H20F3N5O6/c25-24(26,27)17-7-3-1-5-15(17)23(35)31-11-9-30(10-12-31)21(33)14-28-22(34)18-13-20(38-29-18)16-6-2-4-8-19(16)32(36)37/h1-8,13H,9-12,14H2,(H,28,34). The number of alkyl halides is 3. The maximum Gasteiger partial charge on any atom is 0.417 e. The van der Waals surface area contributed by atoms with Crippen molar-refractivity contribution in [1.29, 1.82) is 0 Å². The molecular weight excluding hydrogens is 511 g/mol. The van der Waals surface area contributed by atoms with Crippen LogP contribution in [0, 0.1) is 10.1 Å². The first-order valence-corrected chi connectivity index (χ1v) is 11.3. The molecule has 1 fully saturated rings. The van der Waals surface area contributed by atoms with Gasteiger partial charge in [0.1, 0.15) is 0 Å². The van der Waals surface area contributed by atoms with Crippen molar-refractivity contribution in [1.82, 2.24) is 20.3 Å². The van der Waals surface area contributed by atoms with Gasteiger partial charge in [-0.05, 0) is 18.2 Å². The fourth-order valence-electron chi connectivity index (χ4n) is 3.95. The third kappa shape index (κ3) is 5.63. The van der Waals surface area contributed by atoms with Crippen LogP contribution in [0.3, 0.4) is 0 Å². The van der Waals surface area contributed by atoms with Crippen molar-refractivity contribution in [3.05, 3.63) is 81.5 Å². The molecule has 0 radical (unpaired) electrons. The summed E-state index contributed by atoms with van der Waals surface area (Å²) in [6.45, 7) is -0.224. The zero-order valence-electron chi connectivity index (χ0n) is 19.6. The summed E-state index contributed by atoms with van der Waals surface area (Å²) in [7, 11) is 0. The van der Waals surface area contributed by atoms with Crippen molar-refractivity contribution in [3.8, 4) is 11.3 Å². The minimum absolute atomic E-state index is 0.00154. The summed E-state index contributed by atoms with van der Waals surface area (Å²) >= 11 is 0. The van der Waals surface area contributed by atoms with Gasteiger partial charge in [-0.3, -0.25) is 24.5 Å². The minimum Gasteiger partial charge on any atom is -0.355 e. The molecule has 0 aliphatic carbocycles. The molecule has 4 rings (SSSR count). The molecule has 0 atom stereocenters. The number of amides is 3. The number of nitrogens with one attached hydrogen (secondary N) is 1. The Morgan fingerprint density at radius 3 is 2.32 bits per heavy atom. The molecule has 3 aromatic rings. The number of aromatic nitrogens is 1. The summed E-state index contributed by atoms with van der Waals surface area (Å²) in [6.07, 6.45) is -4.68. The molecule has 2 aromatic carbocycles. The monoisotopic (exact) mass is 531 g/mol. The van der Waals surface area contributed by atoms with Crippen LogP contribution >= 0.6 is 0 Å². The van der Waals surface area contributed by atoms with E-state index < -0.39 is 46.5 Å². The molecule has 0 spiro atoms. The van der Waals surface area contributed by atoms with E-state index in [0.717, 1.165) is 12.1 Å². The summed E-state index contributed by atoms with van der Waals surface area (Å²) in [4.78, 5) is 50.9. The molecule has 3 amide bonds. The number of halogens is 3. The molecule has 14 heteroatoms. The Hall–Kier alpha value is -4.75. The first kappa shape index (κ1) is 26.3. The second-order valence-electron chi connectivity index (χ2n) is 8.25. The molecule has 11 nitrogen and oxygen atoms in total. The lowest BCUT2D eigenvalue weighted by Crippen LogP contribution is -2.52. The highest BCUT2D eigenvalue weighted by molar-refractivity contribution is 5.97. The van der Waals surface area contributed by atoms with Gasteiger partial charge in [-0.2, -0.15) is 13.2 Å². The Kier molecular flexibility index (Phi) is 7.41. The SMILES string of the molecule is O=C(NCC(=O)N1CCN(C(=O)c2ccccc2C(F)(F)F)CC1)c1cc(-c2ccccc2[N+](=O)[O-])on1. The van der Waals surface area contributed by atoms with E-state index in [1.165, 1.54) is 46.2 Å². The zero-order chi connectivity index (χ0) is 27.4. The largest absolute Gasteiger partial charge is 0.417 e. The van der Waals surface area contributed by atoms with Crippen LogP contribution in [0.5, 0.6) is 0 Å². The average Bonchev–Trinajstić information content (AvgIpc) is 3.41. The van der Waals surface area contributed by atoms with Gasteiger partial charge in [0.15, 0.2) is 11.5 Å². The molecule has 1 aromatic heterocycles. The van der Waals surface area contributed by atoms with E-state index in [9.17, 15) is 37.7 Å². The number of nitro benzene ring substituents is 1. The van der Waals surface area contributed by atoms with Gasteiger partial charge in [0.05, 0.1) is 28.2 Å². The van der Waals surface area contributed by atoms with E-state index in [-0.39, 0.29) is 48.9 Å². The molecule has 198 valence electrons. The van der Waals surface area contributed by atoms with E-state index in [1.807, 2.05) is 0 Å². The number of benzene rings is 2. The number of hydrogen-bond donors (Lipinski definition) is 1. The van der Waals surface area contributed by atoms with Gasteiger partial charge < -0.3 is 19.6 Å². The molecule has 0 saturated carbocycles.